The van der Waals surface area contributed by atoms with E-state index in [1.807, 2.05) is 24.3 Å². The molecular formula is C9H8ClN3O. The maximum absolute atomic E-state index is 5.74. The summed E-state index contributed by atoms with van der Waals surface area (Å²) < 4.78 is 5.32. The Balaban J connectivity index is 1.95. The normalized spacial score (nSPS) is 10.1. The number of ether oxygens (including phenoxy) is 1. The van der Waals surface area contributed by atoms with Gasteiger partial charge in [0.25, 0.3) is 5.88 Å². The highest BCUT2D eigenvalue weighted by Crippen LogP contribution is 2.11. The molecule has 0 spiro atoms. The number of aromatic amines is 1. The molecule has 0 radical (unpaired) electrons. The van der Waals surface area contributed by atoms with Crippen LogP contribution in [-0.4, -0.2) is 15.4 Å². The van der Waals surface area contributed by atoms with E-state index in [4.69, 9.17) is 16.3 Å². The van der Waals surface area contributed by atoms with Crippen molar-refractivity contribution < 1.29 is 4.74 Å². The van der Waals surface area contributed by atoms with Gasteiger partial charge in [0.05, 0.1) is 0 Å². The zero-order valence-electron chi connectivity index (χ0n) is 7.27. The number of rotatable bonds is 3. The van der Waals surface area contributed by atoms with E-state index < -0.39 is 0 Å². The van der Waals surface area contributed by atoms with E-state index in [0.717, 1.165) is 10.6 Å². The van der Waals surface area contributed by atoms with Gasteiger partial charge in [-0.15, -0.1) is 5.10 Å². The highest BCUT2D eigenvalue weighted by molar-refractivity contribution is 6.30. The third-order valence-electron chi connectivity index (χ3n) is 1.69. The monoisotopic (exact) mass is 209 g/mol. The lowest BCUT2D eigenvalue weighted by molar-refractivity contribution is 0.293. The van der Waals surface area contributed by atoms with Crippen molar-refractivity contribution in [3.63, 3.8) is 0 Å². The lowest BCUT2D eigenvalue weighted by atomic mass is 10.2. The topological polar surface area (TPSA) is 50.8 Å². The van der Waals surface area contributed by atoms with Crippen LogP contribution in [0.25, 0.3) is 0 Å². The van der Waals surface area contributed by atoms with Crippen LogP contribution in [0.15, 0.2) is 30.5 Å². The molecule has 1 aromatic carbocycles. The Labute approximate surface area is 85.9 Å². The van der Waals surface area contributed by atoms with Crippen LogP contribution in [0.4, 0.5) is 0 Å². The van der Waals surface area contributed by atoms with Crippen LogP contribution in [0.1, 0.15) is 5.56 Å². The Bertz CT molecular complexity index is 385. The van der Waals surface area contributed by atoms with E-state index in [-0.39, 0.29) is 0 Å². The molecule has 1 aromatic heterocycles. The second-order valence-corrected chi connectivity index (χ2v) is 3.16. The van der Waals surface area contributed by atoms with E-state index in [9.17, 15) is 0 Å². The Hall–Kier alpha value is -1.55. The summed E-state index contributed by atoms with van der Waals surface area (Å²) in [5, 5.41) is 10.6. The minimum Gasteiger partial charge on any atom is -0.471 e. The molecule has 1 heterocycles. The number of nitrogens with zero attached hydrogens (tertiary/aromatic N) is 2. The van der Waals surface area contributed by atoms with Gasteiger partial charge in [-0.1, -0.05) is 23.7 Å². The van der Waals surface area contributed by atoms with E-state index in [0.29, 0.717) is 12.5 Å². The summed E-state index contributed by atoms with van der Waals surface area (Å²) in [6.07, 6.45) is 1.52. The number of aromatic nitrogens is 3. The largest absolute Gasteiger partial charge is 0.471 e. The van der Waals surface area contributed by atoms with Gasteiger partial charge in [0.2, 0.25) is 0 Å². The summed E-state index contributed by atoms with van der Waals surface area (Å²) in [5.74, 6) is 0.486. The first-order chi connectivity index (χ1) is 6.84. The van der Waals surface area contributed by atoms with Crippen LogP contribution in [0.5, 0.6) is 5.88 Å². The molecule has 0 saturated heterocycles. The molecule has 0 unspecified atom stereocenters. The molecule has 1 N–H and O–H groups in total. The number of halogens is 1. The molecule has 0 aliphatic carbocycles. The number of H-pyrrole nitrogens is 1. The van der Waals surface area contributed by atoms with E-state index in [1.165, 1.54) is 6.20 Å². The fraction of sp³-hybridized carbons (Fsp3) is 0.111. The second-order valence-electron chi connectivity index (χ2n) is 2.72. The summed E-state index contributed by atoms with van der Waals surface area (Å²) >= 11 is 5.74. The van der Waals surface area contributed by atoms with Gasteiger partial charge < -0.3 is 4.74 Å². The fourth-order valence-corrected chi connectivity index (χ4v) is 1.12. The molecule has 5 heteroatoms. The number of nitrogens with one attached hydrogen (secondary N) is 1. The van der Waals surface area contributed by atoms with Crippen molar-refractivity contribution in [2.24, 2.45) is 0 Å². The summed E-state index contributed by atoms with van der Waals surface area (Å²) in [5.41, 5.74) is 1.04. The number of hydrogen-bond donors (Lipinski definition) is 1. The summed E-state index contributed by atoms with van der Waals surface area (Å²) in [6.45, 7) is 0.462. The predicted octanol–water partition coefficient (Wildman–Crippen LogP) is 2.04. The third-order valence-corrected chi connectivity index (χ3v) is 1.94. The predicted molar refractivity (Wildman–Crippen MR) is 52.2 cm³/mol. The smallest absolute Gasteiger partial charge is 0.253 e. The first-order valence-electron chi connectivity index (χ1n) is 4.07. The quantitative estimate of drug-likeness (QED) is 0.842. The Morgan fingerprint density at radius 3 is 2.71 bits per heavy atom. The average Bonchev–Trinajstić information content (AvgIpc) is 2.70. The van der Waals surface area contributed by atoms with Gasteiger partial charge in [-0.25, -0.2) is 0 Å². The highest BCUT2D eigenvalue weighted by atomic mass is 35.5. The minimum absolute atomic E-state index is 0.462. The van der Waals surface area contributed by atoms with Gasteiger partial charge in [0.1, 0.15) is 12.8 Å². The maximum atomic E-state index is 5.74. The van der Waals surface area contributed by atoms with Crippen LogP contribution in [0.2, 0.25) is 5.02 Å². The van der Waals surface area contributed by atoms with Gasteiger partial charge in [0, 0.05) is 5.02 Å². The molecule has 0 fully saturated rings. The summed E-state index contributed by atoms with van der Waals surface area (Å²) in [7, 11) is 0. The second kappa shape index (κ2) is 4.11. The van der Waals surface area contributed by atoms with Crippen LogP contribution >= 0.6 is 11.6 Å². The van der Waals surface area contributed by atoms with Crippen molar-refractivity contribution in [3.05, 3.63) is 41.0 Å². The van der Waals surface area contributed by atoms with Gasteiger partial charge in [-0.2, -0.15) is 10.3 Å². The molecule has 0 atom stereocenters. The van der Waals surface area contributed by atoms with Crippen molar-refractivity contribution in [1.82, 2.24) is 15.4 Å². The van der Waals surface area contributed by atoms with Crippen LogP contribution < -0.4 is 4.74 Å². The summed E-state index contributed by atoms with van der Waals surface area (Å²) in [4.78, 5) is 0. The van der Waals surface area contributed by atoms with Crippen molar-refractivity contribution in [1.29, 1.82) is 0 Å². The maximum Gasteiger partial charge on any atom is 0.253 e. The summed E-state index contributed by atoms with van der Waals surface area (Å²) in [6, 6.07) is 7.46. The van der Waals surface area contributed by atoms with Gasteiger partial charge in [0.15, 0.2) is 0 Å². The standard InChI is InChI=1S/C9H8ClN3O/c10-8-3-1-7(2-4-8)6-14-9-5-11-13-12-9/h1-5H,6H2,(H,11,12,13). The Kier molecular flexibility index (Phi) is 2.65. The number of hydrogen-bond acceptors (Lipinski definition) is 3. The molecule has 14 heavy (non-hydrogen) atoms. The van der Waals surface area contributed by atoms with Crippen LogP contribution in [-0.2, 0) is 6.61 Å². The minimum atomic E-state index is 0.462. The molecule has 0 bridgehead atoms. The van der Waals surface area contributed by atoms with Gasteiger partial charge in [-0.05, 0) is 17.7 Å². The fourth-order valence-electron chi connectivity index (χ4n) is 0.999. The zero-order chi connectivity index (χ0) is 9.80. The Morgan fingerprint density at radius 2 is 2.07 bits per heavy atom. The van der Waals surface area contributed by atoms with Crippen molar-refractivity contribution in [3.8, 4) is 5.88 Å². The molecule has 0 aliphatic rings. The van der Waals surface area contributed by atoms with Crippen molar-refractivity contribution >= 4 is 11.6 Å². The van der Waals surface area contributed by atoms with Crippen LogP contribution in [0.3, 0.4) is 0 Å². The average molecular weight is 210 g/mol. The third kappa shape index (κ3) is 2.23. The van der Waals surface area contributed by atoms with E-state index in [2.05, 4.69) is 15.4 Å². The molecular weight excluding hydrogens is 202 g/mol. The van der Waals surface area contributed by atoms with Crippen molar-refractivity contribution in [2.75, 3.05) is 0 Å². The molecule has 0 saturated carbocycles. The van der Waals surface area contributed by atoms with E-state index in [1.54, 1.807) is 0 Å². The first kappa shape index (κ1) is 9.02. The van der Waals surface area contributed by atoms with Gasteiger partial charge in [-0.3, -0.25) is 0 Å². The molecule has 2 rings (SSSR count). The van der Waals surface area contributed by atoms with Crippen LogP contribution in [0, 0.1) is 0 Å². The van der Waals surface area contributed by atoms with E-state index >= 15 is 0 Å². The van der Waals surface area contributed by atoms with Crippen molar-refractivity contribution in [2.45, 2.75) is 6.61 Å². The molecule has 0 aliphatic heterocycles. The SMILES string of the molecule is Clc1ccc(COc2cn[nH]n2)cc1. The van der Waals surface area contributed by atoms with Gasteiger partial charge >= 0.3 is 0 Å². The lowest BCUT2D eigenvalue weighted by Gasteiger charge is -2.01. The molecule has 4 nitrogen and oxygen atoms in total. The molecule has 72 valence electrons. The number of benzene rings is 1. The molecule has 0 amide bonds. The first-order valence-corrected chi connectivity index (χ1v) is 4.45. The molecule has 2 aromatic rings. The zero-order valence-corrected chi connectivity index (χ0v) is 8.03. The Morgan fingerprint density at radius 1 is 1.29 bits per heavy atom. The lowest BCUT2D eigenvalue weighted by Crippen LogP contribution is -1.95. The highest BCUT2D eigenvalue weighted by Gasteiger charge is 1.97.